The first-order valence-corrected chi connectivity index (χ1v) is 19.3. The Morgan fingerprint density at radius 2 is 0.852 bits per heavy atom. The molecule has 54 heavy (non-hydrogen) atoms. The van der Waals surface area contributed by atoms with Gasteiger partial charge in [-0.15, -0.1) is 11.3 Å². The zero-order valence-corrected chi connectivity index (χ0v) is 30.2. The van der Waals surface area contributed by atoms with Gasteiger partial charge in [-0.3, -0.25) is 0 Å². The number of hydrogen-bond donors (Lipinski definition) is 0. The van der Waals surface area contributed by atoms with Gasteiger partial charge in [0.25, 0.3) is 0 Å². The minimum atomic E-state index is 1.12. The van der Waals surface area contributed by atoms with E-state index in [-0.39, 0.29) is 0 Å². The van der Waals surface area contributed by atoms with E-state index in [4.69, 9.17) is 0 Å². The van der Waals surface area contributed by atoms with E-state index in [9.17, 15) is 0 Å². The standard InChI is InChI=1S/C52H33NS/c1-3-12-42-35(9-1)11-7-15-43(42)37-21-28-41(29-22-37)53(49-16-8-18-51-52(49)48-14-5-6-17-50(48)54-51)40-26-19-34(20-27-40)38-24-30-45-39(33-38)25-32-46-44-13-4-2-10-36(44)23-31-47(45)46/h1-33H. The molecule has 11 rings (SSSR count). The smallest absolute Gasteiger partial charge is 0.0554 e. The monoisotopic (exact) mass is 703 g/mol. The Balaban J connectivity index is 1.02. The molecule has 1 nitrogen and oxygen atoms in total. The lowest BCUT2D eigenvalue weighted by Crippen LogP contribution is -2.10. The molecule has 1 aromatic heterocycles. The highest BCUT2D eigenvalue weighted by atomic mass is 32.1. The number of rotatable bonds is 5. The summed E-state index contributed by atoms with van der Waals surface area (Å²) in [5.74, 6) is 0. The molecule has 0 aliphatic carbocycles. The molecule has 0 fully saturated rings. The van der Waals surface area contributed by atoms with Crippen molar-refractivity contribution in [1.82, 2.24) is 0 Å². The topological polar surface area (TPSA) is 3.24 Å². The number of anilines is 3. The zero-order valence-electron chi connectivity index (χ0n) is 29.4. The second-order valence-corrected chi connectivity index (χ2v) is 15.2. The van der Waals surface area contributed by atoms with Gasteiger partial charge < -0.3 is 4.90 Å². The first kappa shape index (κ1) is 30.8. The predicted octanol–water partition coefficient (Wildman–Crippen LogP) is 15.5. The normalized spacial score (nSPS) is 11.7. The van der Waals surface area contributed by atoms with Gasteiger partial charge in [0, 0.05) is 31.5 Å². The average molecular weight is 704 g/mol. The molecule has 0 unspecified atom stereocenters. The molecule has 0 atom stereocenters. The molecule has 0 amide bonds. The van der Waals surface area contributed by atoms with E-state index in [0.717, 1.165) is 11.4 Å². The molecule has 0 aliphatic heterocycles. The Morgan fingerprint density at radius 3 is 1.63 bits per heavy atom. The van der Waals surface area contributed by atoms with E-state index in [0.29, 0.717) is 0 Å². The fourth-order valence-electron chi connectivity index (χ4n) is 8.45. The third-order valence-electron chi connectivity index (χ3n) is 11.0. The van der Waals surface area contributed by atoms with Crippen LogP contribution in [0, 0.1) is 0 Å². The van der Waals surface area contributed by atoms with Crippen molar-refractivity contribution in [2.75, 3.05) is 4.90 Å². The summed E-state index contributed by atoms with van der Waals surface area (Å²) in [6, 6.07) is 73.5. The van der Waals surface area contributed by atoms with Gasteiger partial charge in [0.15, 0.2) is 0 Å². The Hall–Kier alpha value is -6.74. The minimum absolute atomic E-state index is 1.12. The Morgan fingerprint density at radius 1 is 0.315 bits per heavy atom. The number of benzene rings is 10. The van der Waals surface area contributed by atoms with Crippen LogP contribution < -0.4 is 4.90 Å². The summed E-state index contributed by atoms with van der Waals surface area (Å²) in [5.41, 5.74) is 8.30. The Bertz CT molecular complexity index is 3200. The summed E-state index contributed by atoms with van der Waals surface area (Å²) in [4.78, 5) is 2.43. The van der Waals surface area contributed by atoms with Crippen LogP contribution in [0.1, 0.15) is 0 Å². The molecule has 10 aromatic carbocycles. The SMILES string of the molecule is c1ccc2c(-c3ccc(N(c4ccc(-c5ccc6c(ccc7c8ccccc8ccc67)c5)cc4)c4cccc5sc6ccccc6c45)cc3)cccc2c1. The minimum Gasteiger partial charge on any atom is -0.310 e. The van der Waals surface area contributed by atoms with Crippen molar-refractivity contribution >= 4 is 91.7 Å². The summed E-state index contributed by atoms with van der Waals surface area (Å²) in [6.07, 6.45) is 0. The lowest BCUT2D eigenvalue weighted by molar-refractivity contribution is 1.30. The van der Waals surface area contributed by atoms with E-state index >= 15 is 0 Å². The number of hydrogen-bond acceptors (Lipinski definition) is 2. The summed E-state index contributed by atoms with van der Waals surface area (Å²) in [6.45, 7) is 0. The lowest BCUT2D eigenvalue weighted by atomic mass is 9.95. The van der Waals surface area contributed by atoms with Crippen molar-refractivity contribution in [1.29, 1.82) is 0 Å². The molecule has 1 heterocycles. The second kappa shape index (κ2) is 12.4. The van der Waals surface area contributed by atoms with Crippen LogP contribution in [-0.4, -0.2) is 0 Å². The summed E-state index contributed by atoms with van der Waals surface area (Å²) in [7, 11) is 0. The van der Waals surface area contributed by atoms with Gasteiger partial charge in [-0.25, -0.2) is 0 Å². The van der Waals surface area contributed by atoms with Crippen molar-refractivity contribution in [3.63, 3.8) is 0 Å². The molecule has 0 aliphatic rings. The van der Waals surface area contributed by atoms with Crippen molar-refractivity contribution < 1.29 is 0 Å². The van der Waals surface area contributed by atoms with Gasteiger partial charge in [0.2, 0.25) is 0 Å². The average Bonchev–Trinajstić information content (AvgIpc) is 3.63. The molecule has 11 aromatic rings. The highest BCUT2D eigenvalue weighted by Gasteiger charge is 2.19. The van der Waals surface area contributed by atoms with Crippen LogP contribution in [-0.2, 0) is 0 Å². The second-order valence-electron chi connectivity index (χ2n) is 14.1. The fraction of sp³-hybridized carbons (Fsp3) is 0. The lowest BCUT2D eigenvalue weighted by Gasteiger charge is -2.27. The van der Waals surface area contributed by atoms with Crippen LogP contribution in [0.15, 0.2) is 200 Å². The van der Waals surface area contributed by atoms with Crippen molar-refractivity contribution in [2.24, 2.45) is 0 Å². The molecular weight excluding hydrogens is 671 g/mol. The number of thiophene rings is 1. The summed E-state index contributed by atoms with van der Waals surface area (Å²) in [5, 5.41) is 12.8. The van der Waals surface area contributed by atoms with E-state index in [2.05, 4.69) is 205 Å². The van der Waals surface area contributed by atoms with Crippen LogP contribution in [0.2, 0.25) is 0 Å². The number of nitrogens with zero attached hydrogens (tertiary/aromatic N) is 1. The fourth-order valence-corrected chi connectivity index (χ4v) is 9.58. The third kappa shape index (κ3) is 4.99. The van der Waals surface area contributed by atoms with Crippen LogP contribution in [0.5, 0.6) is 0 Å². The highest BCUT2D eigenvalue weighted by molar-refractivity contribution is 7.26. The molecule has 0 radical (unpaired) electrons. The van der Waals surface area contributed by atoms with Crippen LogP contribution >= 0.6 is 11.3 Å². The van der Waals surface area contributed by atoms with Gasteiger partial charge in [0.05, 0.1) is 5.69 Å². The van der Waals surface area contributed by atoms with E-state index < -0.39 is 0 Å². The van der Waals surface area contributed by atoms with Gasteiger partial charge in [-0.1, -0.05) is 152 Å². The number of fused-ring (bicyclic) bond motifs is 9. The maximum atomic E-state index is 2.43. The maximum Gasteiger partial charge on any atom is 0.0554 e. The largest absolute Gasteiger partial charge is 0.310 e. The van der Waals surface area contributed by atoms with E-state index in [1.165, 1.54) is 91.2 Å². The quantitative estimate of drug-likeness (QED) is 0.161. The first-order valence-electron chi connectivity index (χ1n) is 18.5. The van der Waals surface area contributed by atoms with Gasteiger partial charge >= 0.3 is 0 Å². The first-order chi connectivity index (χ1) is 26.8. The van der Waals surface area contributed by atoms with E-state index in [1.807, 2.05) is 11.3 Å². The van der Waals surface area contributed by atoms with Crippen molar-refractivity contribution in [3.05, 3.63) is 200 Å². The van der Waals surface area contributed by atoms with E-state index in [1.54, 1.807) is 0 Å². The third-order valence-corrected chi connectivity index (χ3v) is 12.2. The zero-order chi connectivity index (χ0) is 35.6. The van der Waals surface area contributed by atoms with Crippen LogP contribution in [0.4, 0.5) is 17.1 Å². The highest BCUT2D eigenvalue weighted by Crippen LogP contribution is 2.45. The summed E-state index contributed by atoms with van der Waals surface area (Å²) >= 11 is 1.86. The molecule has 0 saturated heterocycles. The molecule has 0 N–H and O–H groups in total. The Kier molecular flexibility index (Phi) is 7.11. The molecule has 0 spiro atoms. The summed E-state index contributed by atoms with van der Waals surface area (Å²) < 4.78 is 2.60. The van der Waals surface area contributed by atoms with Crippen molar-refractivity contribution in [2.45, 2.75) is 0 Å². The molecule has 0 bridgehead atoms. The van der Waals surface area contributed by atoms with Gasteiger partial charge in [-0.05, 0) is 114 Å². The van der Waals surface area contributed by atoms with Crippen molar-refractivity contribution in [3.8, 4) is 22.3 Å². The molecule has 252 valence electrons. The molecule has 2 heteroatoms. The predicted molar refractivity (Wildman–Crippen MR) is 235 cm³/mol. The van der Waals surface area contributed by atoms with Gasteiger partial charge in [-0.2, -0.15) is 0 Å². The maximum absolute atomic E-state index is 2.43. The molecule has 0 saturated carbocycles. The van der Waals surface area contributed by atoms with Gasteiger partial charge in [0.1, 0.15) is 0 Å². The van der Waals surface area contributed by atoms with Crippen LogP contribution in [0.25, 0.3) is 85.5 Å². The van der Waals surface area contributed by atoms with Crippen LogP contribution in [0.3, 0.4) is 0 Å². The Labute approximate surface area is 317 Å². The molecular formula is C52H33NS.